The van der Waals surface area contributed by atoms with E-state index in [0.717, 1.165) is 6.42 Å². The van der Waals surface area contributed by atoms with E-state index >= 15 is 0 Å². The highest BCUT2D eigenvalue weighted by atomic mass is 14.4. The second-order valence-electron chi connectivity index (χ2n) is 11.9. The fourth-order valence-corrected chi connectivity index (χ4v) is 6.36. The molecule has 0 atom stereocenters. The Balaban J connectivity index is 1.14. The highest BCUT2D eigenvalue weighted by molar-refractivity contribution is 5.84. The molecule has 198 valence electrons. The minimum absolute atomic E-state index is 0.0373. The van der Waals surface area contributed by atoms with Crippen molar-refractivity contribution in [2.24, 2.45) is 0 Å². The smallest absolute Gasteiger partial charge is 0.0159 e. The Morgan fingerprint density at radius 2 is 0.854 bits per heavy atom. The molecular weight excluding hydrogens is 492 g/mol. The lowest BCUT2D eigenvalue weighted by atomic mass is 9.81. The second-order valence-corrected chi connectivity index (χ2v) is 11.9. The van der Waals surface area contributed by atoms with Gasteiger partial charge in [-0.05, 0) is 86.2 Å². The van der Waals surface area contributed by atoms with Crippen molar-refractivity contribution in [3.63, 3.8) is 0 Å². The lowest BCUT2D eigenvalue weighted by Crippen LogP contribution is -2.15. The van der Waals surface area contributed by atoms with Crippen molar-refractivity contribution in [1.29, 1.82) is 0 Å². The van der Waals surface area contributed by atoms with E-state index in [1.165, 1.54) is 72.3 Å². The summed E-state index contributed by atoms with van der Waals surface area (Å²) in [7, 11) is 0. The van der Waals surface area contributed by atoms with Crippen LogP contribution in [0.1, 0.15) is 41.7 Å². The zero-order valence-corrected chi connectivity index (χ0v) is 24.0. The summed E-state index contributed by atoms with van der Waals surface area (Å²) in [6, 6.07) is 51.5. The van der Waals surface area contributed by atoms with Gasteiger partial charge in [-0.2, -0.15) is 0 Å². The highest BCUT2D eigenvalue weighted by Gasteiger charge is 2.35. The normalized spacial score (nSPS) is 13.0. The fraction of sp³-hybridized carbons (Fsp3) is 0.122. The predicted molar refractivity (Wildman–Crippen MR) is 174 cm³/mol. The zero-order valence-electron chi connectivity index (χ0n) is 24.0. The molecule has 0 unspecified atom stereocenters. The first-order valence-corrected chi connectivity index (χ1v) is 14.6. The number of rotatable bonds is 5. The molecular formula is C41H34. The first-order valence-electron chi connectivity index (χ1n) is 14.6. The van der Waals surface area contributed by atoms with Gasteiger partial charge < -0.3 is 0 Å². The monoisotopic (exact) mass is 526 g/mol. The van der Waals surface area contributed by atoms with Gasteiger partial charge in [-0.1, -0.05) is 153 Å². The van der Waals surface area contributed by atoms with Crippen molar-refractivity contribution in [1.82, 2.24) is 0 Å². The molecule has 1 aliphatic carbocycles. The first kappa shape index (κ1) is 25.3. The Kier molecular flexibility index (Phi) is 6.20. The molecule has 0 spiro atoms. The minimum atomic E-state index is -0.0373. The molecule has 0 N–H and O–H groups in total. The molecule has 0 bridgehead atoms. The molecule has 0 heterocycles. The molecule has 0 heteroatoms. The van der Waals surface area contributed by atoms with Gasteiger partial charge in [-0.15, -0.1) is 0 Å². The van der Waals surface area contributed by atoms with Crippen molar-refractivity contribution in [3.05, 3.63) is 167 Å². The largest absolute Gasteiger partial charge is 0.0622 e. The highest BCUT2D eigenvalue weighted by Crippen LogP contribution is 2.50. The van der Waals surface area contributed by atoms with Crippen molar-refractivity contribution >= 4 is 0 Å². The molecule has 41 heavy (non-hydrogen) atoms. The standard InChI is InChI=1S/C41H34/c1-28-9-11-29(12-10-28)25-30-13-23-37-38-24-22-36(27-40(38)41(2,3)39(37)26-30)35-20-18-34(19-21-35)33-16-14-32(15-17-33)31-7-5-4-6-8-31/h4-24,26-27H,25H2,1-3H3. The van der Waals surface area contributed by atoms with Gasteiger partial charge in [0.25, 0.3) is 0 Å². The lowest BCUT2D eigenvalue weighted by Gasteiger charge is -2.22. The molecule has 6 aromatic rings. The van der Waals surface area contributed by atoms with Gasteiger partial charge in [0.1, 0.15) is 0 Å². The van der Waals surface area contributed by atoms with E-state index < -0.39 is 0 Å². The third-order valence-corrected chi connectivity index (χ3v) is 8.81. The van der Waals surface area contributed by atoms with Gasteiger partial charge >= 0.3 is 0 Å². The molecule has 0 radical (unpaired) electrons. The number of fused-ring (bicyclic) bond motifs is 3. The molecule has 0 aliphatic heterocycles. The number of hydrogen-bond acceptors (Lipinski definition) is 0. The van der Waals surface area contributed by atoms with E-state index in [2.05, 4.69) is 160 Å². The van der Waals surface area contributed by atoms with E-state index in [9.17, 15) is 0 Å². The van der Waals surface area contributed by atoms with E-state index in [-0.39, 0.29) is 5.41 Å². The number of benzene rings is 6. The predicted octanol–water partition coefficient (Wildman–Crippen LogP) is 10.9. The van der Waals surface area contributed by atoms with Crippen molar-refractivity contribution in [2.45, 2.75) is 32.6 Å². The van der Waals surface area contributed by atoms with Crippen LogP contribution < -0.4 is 0 Å². The van der Waals surface area contributed by atoms with E-state index in [1.54, 1.807) is 0 Å². The van der Waals surface area contributed by atoms with Gasteiger partial charge in [0.05, 0.1) is 0 Å². The second kappa shape index (κ2) is 10.1. The topological polar surface area (TPSA) is 0 Å². The van der Waals surface area contributed by atoms with Crippen LogP contribution in [0.5, 0.6) is 0 Å². The quantitative estimate of drug-likeness (QED) is 0.210. The Bertz CT molecular complexity index is 1840. The minimum Gasteiger partial charge on any atom is -0.0622 e. The van der Waals surface area contributed by atoms with E-state index in [0.29, 0.717) is 0 Å². The van der Waals surface area contributed by atoms with Crippen molar-refractivity contribution in [2.75, 3.05) is 0 Å². The summed E-state index contributed by atoms with van der Waals surface area (Å²) in [5.41, 5.74) is 17.1. The van der Waals surface area contributed by atoms with Crippen LogP contribution >= 0.6 is 0 Å². The molecule has 6 aromatic carbocycles. The zero-order chi connectivity index (χ0) is 28.0. The van der Waals surface area contributed by atoms with Gasteiger partial charge in [0.15, 0.2) is 0 Å². The summed E-state index contributed by atoms with van der Waals surface area (Å²) in [5.74, 6) is 0. The maximum Gasteiger partial charge on any atom is 0.0159 e. The summed E-state index contributed by atoms with van der Waals surface area (Å²) < 4.78 is 0. The van der Waals surface area contributed by atoms with Crippen LogP contribution in [0.15, 0.2) is 140 Å². The first-order chi connectivity index (χ1) is 20.0. The summed E-state index contributed by atoms with van der Waals surface area (Å²) in [4.78, 5) is 0. The van der Waals surface area contributed by atoms with Gasteiger partial charge in [0.2, 0.25) is 0 Å². The molecule has 0 fully saturated rings. The molecule has 0 nitrogen and oxygen atoms in total. The summed E-state index contributed by atoms with van der Waals surface area (Å²) >= 11 is 0. The molecule has 0 saturated heterocycles. The van der Waals surface area contributed by atoms with Crippen LogP contribution in [0.4, 0.5) is 0 Å². The van der Waals surface area contributed by atoms with Crippen molar-refractivity contribution < 1.29 is 0 Å². The van der Waals surface area contributed by atoms with Crippen LogP contribution in [0.2, 0.25) is 0 Å². The summed E-state index contributed by atoms with van der Waals surface area (Å²) in [5, 5.41) is 0. The van der Waals surface area contributed by atoms with Crippen LogP contribution in [0, 0.1) is 6.92 Å². The average molecular weight is 527 g/mol. The van der Waals surface area contributed by atoms with Crippen LogP contribution in [-0.2, 0) is 11.8 Å². The Morgan fingerprint density at radius 3 is 1.44 bits per heavy atom. The number of aryl methyl sites for hydroxylation is 1. The van der Waals surface area contributed by atoms with Gasteiger partial charge in [-0.3, -0.25) is 0 Å². The summed E-state index contributed by atoms with van der Waals surface area (Å²) in [6.45, 7) is 6.89. The summed E-state index contributed by atoms with van der Waals surface area (Å²) in [6.07, 6.45) is 0.965. The number of hydrogen-bond donors (Lipinski definition) is 0. The Morgan fingerprint density at radius 1 is 0.415 bits per heavy atom. The van der Waals surface area contributed by atoms with Gasteiger partial charge in [-0.25, -0.2) is 0 Å². The molecule has 0 saturated carbocycles. The maximum atomic E-state index is 2.44. The van der Waals surface area contributed by atoms with E-state index in [4.69, 9.17) is 0 Å². The third kappa shape index (κ3) is 4.70. The Labute approximate surface area is 244 Å². The molecule has 1 aliphatic rings. The van der Waals surface area contributed by atoms with Gasteiger partial charge in [0, 0.05) is 5.41 Å². The molecule has 7 rings (SSSR count). The maximum absolute atomic E-state index is 2.44. The molecule has 0 aromatic heterocycles. The third-order valence-electron chi connectivity index (χ3n) is 8.81. The Hall–Kier alpha value is -4.68. The SMILES string of the molecule is Cc1ccc(Cc2ccc3c(c2)C(C)(C)c2cc(-c4ccc(-c5ccc(-c6ccccc6)cc5)cc4)ccc2-3)cc1. The van der Waals surface area contributed by atoms with E-state index in [1.807, 2.05) is 0 Å². The van der Waals surface area contributed by atoms with Crippen LogP contribution in [-0.4, -0.2) is 0 Å². The molecule has 0 amide bonds. The average Bonchev–Trinajstić information content (AvgIpc) is 3.24. The van der Waals surface area contributed by atoms with Crippen LogP contribution in [0.25, 0.3) is 44.5 Å². The lowest BCUT2D eigenvalue weighted by molar-refractivity contribution is 0.659. The fourth-order valence-electron chi connectivity index (χ4n) is 6.36. The van der Waals surface area contributed by atoms with Crippen LogP contribution in [0.3, 0.4) is 0 Å². The van der Waals surface area contributed by atoms with Crippen molar-refractivity contribution in [3.8, 4) is 44.5 Å².